The minimum Gasteiger partial charge on any atom is -0.525 e. The topological polar surface area (TPSA) is 95.4 Å². The summed E-state index contributed by atoms with van der Waals surface area (Å²) in [6.07, 6.45) is 0.639. The summed E-state index contributed by atoms with van der Waals surface area (Å²) in [5.41, 5.74) is 13.6. The van der Waals surface area contributed by atoms with Gasteiger partial charge in [-0.2, -0.15) is 0 Å². The van der Waals surface area contributed by atoms with Crippen molar-refractivity contribution in [2.24, 2.45) is 11.5 Å². The van der Waals surface area contributed by atoms with Gasteiger partial charge >= 0.3 is 12.9 Å². The van der Waals surface area contributed by atoms with Crippen molar-refractivity contribution in [1.82, 2.24) is 0 Å². The number of hydrogen-bond acceptors (Lipinski definition) is 4. The molecule has 0 saturated carbocycles. The van der Waals surface area contributed by atoms with Gasteiger partial charge in [0.15, 0.2) is 0 Å². The van der Waals surface area contributed by atoms with Crippen LogP contribution in [0.25, 0.3) is 0 Å². The van der Waals surface area contributed by atoms with Crippen LogP contribution in [0.1, 0.15) is 18.9 Å². The Morgan fingerprint density at radius 1 is 1.08 bits per heavy atom. The molecule has 2 aromatic carbocycles. The highest BCUT2D eigenvalue weighted by Gasteiger charge is 2.28. The van der Waals surface area contributed by atoms with E-state index < -0.39 is 24.8 Å². The van der Waals surface area contributed by atoms with Crippen LogP contribution in [-0.2, 0) is 20.7 Å². The molecule has 5 nitrogen and oxygen atoms in total. The van der Waals surface area contributed by atoms with Crippen LogP contribution in [0, 0.1) is 0 Å². The normalized spacial score (nSPS) is 11.6. The lowest BCUT2D eigenvalue weighted by molar-refractivity contribution is -0.137. The Morgan fingerprint density at radius 3 is 2.38 bits per heavy atom. The quantitative estimate of drug-likeness (QED) is 0.706. The van der Waals surface area contributed by atoms with Crippen LogP contribution in [-0.4, -0.2) is 24.8 Å². The molecule has 0 saturated heterocycles. The Balaban J connectivity index is 2.30. The molecule has 1 amide bonds. The van der Waals surface area contributed by atoms with Crippen LogP contribution in [0.4, 0.5) is 0 Å². The summed E-state index contributed by atoms with van der Waals surface area (Å²) in [6, 6.07) is 16.2. The van der Waals surface area contributed by atoms with Crippen molar-refractivity contribution in [3.63, 3.8) is 0 Å². The first-order valence-corrected chi connectivity index (χ1v) is 7.89. The van der Waals surface area contributed by atoms with E-state index in [4.69, 9.17) is 16.1 Å². The van der Waals surface area contributed by atoms with Crippen LogP contribution in [0.3, 0.4) is 0 Å². The molecule has 0 aromatic heterocycles. The molecule has 6 heteroatoms. The number of benzene rings is 2. The molecule has 1 unspecified atom stereocenters. The van der Waals surface area contributed by atoms with Crippen LogP contribution in [0.15, 0.2) is 54.6 Å². The molecular formula is C18H21BN2O3. The lowest BCUT2D eigenvalue weighted by atomic mass is 9.55. The van der Waals surface area contributed by atoms with E-state index in [9.17, 15) is 9.59 Å². The number of nitrogens with two attached hydrogens (primary N) is 2. The summed E-state index contributed by atoms with van der Waals surface area (Å²) >= 11 is 0. The Kier molecular flexibility index (Phi) is 6.15. The highest BCUT2D eigenvalue weighted by molar-refractivity contribution is 6.81. The van der Waals surface area contributed by atoms with Gasteiger partial charge in [-0.3, -0.25) is 9.59 Å². The molecular weight excluding hydrogens is 303 g/mol. The van der Waals surface area contributed by atoms with Gasteiger partial charge in [-0.1, -0.05) is 61.5 Å². The number of primary amides is 1. The van der Waals surface area contributed by atoms with Crippen molar-refractivity contribution in [2.75, 3.05) is 0 Å². The second kappa shape index (κ2) is 8.31. The summed E-state index contributed by atoms with van der Waals surface area (Å²) in [6.45, 7) is 1.48. The van der Waals surface area contributed by atoms with E-state index in [0.717, 1.165) is 22.9 Å². The molecule has 2 rings (SSSR count). The fourth-order valence-electron chi connectivity index (χ4n) is 2.44. The van der Waals surface area contributed by atoms with E-state index in [0.29, 0.717) is 0 Å². The molecule has 0 radical (unpaired) electrons. The van der Waals surface area contributed by atoms with Gasteiger partial charge in [-0.15, -0.1) is 0 Å². The zero-order valence-electron chi connectivity index (χ0n) is 13.6. The first kappa shape index (κ1) is 17.8. The molecule has 0 aliphatic heterocycles. The van der Waals surface area contributed by atoms with Crippen LogP contribution >= 0.6 is 0 Å². The Hall–Kier alpha value is -2.60. The van der Waals surface area contributed by atoms with Crippen molar-refractivity contribution in [1.29, 1.82) is 0 Å². The molecule has 0 spiro atoms. The lowest BCUT2D eigenvalue weighted by Gasteiger charge is -2.18. The van der Waals surface area contributed by atoms with Crippen LogP contribution in [0.2, 0.25) is 0 Å². The van der Waals surface area contributed by atoms with Crippen LogP contribution < -0.4 is 22.4 Å². The Labute approximate surface area is 142 Å². The minimum absolute atomic E-state index is 0.241. The maximum atomic E-state index is 12.2. The summed E-state index contributed by atoms with van der Waals surface area (Å²) in [4.78, 5) is 23.2. The SMILES string of the molecule is CCc1cccc(B(OC(=O)C(N)CC(N)=O)c2ccccc2)c1. The first-order valence-electron chi connectivity index (χ1n) is 7.89. The number of aryl methyl sites for hydroxylation is 1. The van der Waals surface area contributed by atoms with E-state index >= 15 is 0 Å². The highest BCUT2D eigenvalue weighted by atomic mass is 16.5. The maximum absolute atomic E-state index is 12.2. The molecule has 124 valence electrons. The maximum Gasteiger partial charge on any atom is 0.429 e. The molecule has 0 aliphatic carbocycles. The zero-order valence-corrected chi connectivity index (χ0v) is 13.6. The number of carbonyl (C=O) groups excluding carboxylic acids is 2. The molecule has 4 N–H and O–H groups in total. The van der Waals surface area contributed by atoms with E-state index in [2.05, 4.69) is 6.92 Å². The highest BCUT2D eigenvalue weighted by Crippen LogP contribution is 2.02. The van der Waals surface area contributed by atoms with Crippen LogP contribution in [0.5, 0.6) is 0 Å². The number of amides is 1. The predicted molar refractivity (Wildman–Crippen MR) is 95.2 cm³/mol. The van der Waals surface area contributed by atoms with E-state index in [-0.39, 0.29) is 6.42 Å². The van der Waals surface area contributed by atoms with E-state index in [1.807, 2.05) is 54.6 Å². The molecule has 0 aliphatic rings. The van der Waals surface area contributed by atoms with Gasteiger partial charge in [-0.05, 0) is 22.9 Å². The average molecular weight is 324 g/mol. The summed E-state index contributed by atoms with van der Waals surface area (Å²) in [7, 11) is 0. The van der Waals surface area contributed by atoms with Crippen molar-refractivity contribution in [3.8, 4) is 0 Å². The fraction of sp³-hybridized carbons (Fsp3) is 0.222. The predicted octanol–water partition coefficient (Wildman–Crippen LogP) is 0.101. The lowest BCUT2D eigenvalue weighted by Crippen LogP contribution is -2.50. The van der Waals surface area contributed by atoms with E-state index in [1.165, 1.54) is 0 Å². The molecule has 0 heterocycles. The number of rotatable bonds is 7. The summed E-state index contributed by atoms with van der Waals surface area (Å²) in [5, 5.41) is 0. The van der Waals surface area contributed by atoms with Gasteiger partial charge in [-0.25, -0.2) is 0 Å². The Bertz CT molecular complexity index is 706. The fourth-order valence-corrected chi connectivity index (χ4v) is 2.44. The third kappa shape index (κ3) is 4.70. The molecule has 0 bridgehead atoms. The Morgan fingerprint density at radius 2 is 1.75 bits per heavy atom. The summed E-state index contributed by atoms with van der Waals surface area (Å²) in [5.74, 6) is -1.28. The third-order valence-electron chi connectivity index (χ3n) is 3.72. The number of carbonyl (C=O) groups is 2. The van der Waals surface area contributed by atoms with Crippen molar-refractivity contribution < 1.29 is 14.2 Å². The monoisotopic (exact) mass is 324 g/mol. The van der Waals surface area contributed by atoms with Crippen molar-refractivity contribution >= 4 is 29.7 Å². The largest absolute Gasteiger partial charge is 0.525 e. The first-order chi connectivity index (χ1) is 11.5. The molecule has 24 heavy (non-hydrogen) atoms. The number of hydrogen-bond donors (Lipinski definition) is 2. The average Bonchev–Trinajstić information content (AvgIpc) is 2.59. The minimum atomic E-state index is -1.07. The smallest absolute Gasteiger partial charge is 0.429 e. The van der Waals surface area contributed by atoms with Crippen molar-refractivity contribution in [2.45, 2.75) is 25.8 Å². The molecule has 1 atom stereocenters. The zero-order chi connectivity index (χ0) is 17.5. The standard InChI is InChI=1S/C18H21BN2O3/c1-2-13-7-6-10-15(11-13)19(14-8-4-3-5-9-14)24-18(23)16(20)12-17(21)22/h3-11,16H,2,12,20H2,1H3,(H2,21,22). The van der Waals surface area contributed by atoms with Gasteiger partial charge in [0.25, 0.3) is 0 Å². The van der Waals surface area contributed by atoms with E-state index in [1.54, 1.807) is 0 Å². The van der Waals surface area contributed by atoms with Gasteiger partial charge < -0.3 is 16.1 Å². The van der Waals surface area contributed by atoms with Gasteiger partial charge in [0.2, 0.25) is 5.91 Å². The third-order valence-corrected chi connectivity index (χ3v) is 3.72. The second-order valence-electron chi connectivity index (χ2n) is 5.60. The van der Waals surface area contributed by atoms with Gasteiger partial charge in [0.1, 0.15) is 6.04 Å². The van der Waals surface area contributed by atoms with Gasteiger partial charge in [0.05, 0.1) is 6.42 Å². The molecule has 2 aromatic rings. The van der Waals surface area contributed by atoms with Crippen molar-refractivity contribution in [3.05, 3.63) is 60.2 Å². The summed E-state index contributed by atoms with van der Waals surface area (Å²) < 4.78 is 5.61. The molecule has 0 fully saturated rings. The second-order valence-corrected chi connectivity index (χ2v) is 5.60. The van der Waals surface area contributed by atoms with Gasteiger partial charge in [0, 0.05) is 0 Å².